The number of fused-ring (bicyclic) bond motifs is 1. The number of hydrogen-bond donors (Lipinski definition) is 2. The van der Waals surface area contributed by atoms with Gasteiger partial charge in [0, 0.05) is 23.5 Å². The highest BCUT2D eigenvalue weighted by atomic mass is 32.2. The van der Waals surface area contributed by atoms with Crippen molar-refractivity contribution in [3.63, 3.8) is 0 Å². The molecule has 0 atom stereocenters. The van der Waals surface area contributed by atoms with Crippen molar-refractivity contribution >= 4 is 27.4 Å². The van der Waals surface area contributed by atoms with Crippen LogP contribution in [-0.4, -0.2) is 41.0 Å². The molecule has 9 nitrogen and oxygen atoms in total. The molecule has 2 heterocycles. The van der Waals surface area contributed by atoms with E-state index < -0.39 is 10.0 Å². The first-order chi connectivity index (χ1) is 13.2. The normalized spacial score (nSPS) is 11.7. The van der Waals surface area contributed by atoms with Crippen LogP contribution in [0.1, 0.15) is 28.9 Å². The lowest BCUT2D eigenvalue weighted by Crippen LogP contribution is -2.20. The first-order valence-corrected chi connectivity index (χ1v) is 10.2. The molecule has 0 aliphatic carbocycles. The second kappa shape index (κ2) is 7.64. The summed E-state index contributed by atoms with van der Waals surface area (Å²) in [5.41, 5.74) is 3.68. The minimum Gasteiger partial charge on any atom is -0.326 e. The fourth-order valence-electron chi connectivity index (χ4n) is 3.06. The van der Waals surface area contributed by atoms with Gasteiger partial charge in [0.05, 0.1) is 4.90 Å². The maximum Gasteiger partial charge on any atom is 0.252 e. The summed E-state index contributed by atoms with van der Waals surface area (Å²) in [5.74, 6) is 0.315. The average Bonchev–Trinajstić information content (AvgIpc) is 3.11. The van der Waals surface area contributed by atoms with Gasteiger partial charge in [-0.1, -0.05) is 6.07 Å². The molecule has 0 unspecified atom stereocenters. The molecule has 3 rings (SSSR count). The zero-order chi connectivity index (χ0) is 20.5. The predicted octanol–water partition coefficient (Wildman–Crippen LogP) is 1.53. The third-order valence-electron chi connectivity index (χ3n) is 4.62. The van der Waals surface area contributed by atoms with E-state index in [1.165, 1.54) is 19.4 Å². The van der Waals surface area contributed by atoms with Crippen LogP contribution in [0.4, 0.5) is 5.69 Å². The highest BCUT2D eigenvalue weighted by Gasteiger charge is 2.16. The van der Waals surface area contributed by atoms with Gasteiger partial charge >= 0.3 is 0 Å². The number of carbonyl (C=O) groups is 1. The summed E-state index contributed by atoms with van der Waals surface area (Å²) in [6.07, 6.45) is 2.16. The van der Waals surface area contributed by atoms with Gasteiger partial charge in [-0.2, -0.15) is 10.1 Å². The fourth-order valence-corrected chi connectivity index (χ4v) is 4.05. The zero-order valence-corrected chi connectivity index (χ0v) is 17.0. The lowest BCUT2D eigenvalue weighted by Gasteiger charge is -2.12. The molecule has 10 heteroatoms. The molecule has 0 spiro atoms. The first-order valence-electron chi connectivity index (χ1n) is 8.73. The van der Waals surface area contributed by atoms with Crippen LogP contribution in [0.25, 0.3) is 5.78 Å². The van der Waals surface area contributed by atoms with Gasteiger partial charge in [0.15, 0.2) is 0 Å². The van der Waals surface area contributed by atoms with Crippen molar-refractivity contribution in [1.82, 2.24) is 24.3 Å². The molecule has 0 aliphatic heterocycles. The van der Waals surface area contributed by atoms with Crippen molar-refractivity contribution in [1.29, 1.82) is 0 Å². The summed E-state index contributed by atoms with van der Waals surface area (Å²) in [6.45, 7) is 5.50. The van der Waals surface area contributed by atoms with Crippen LogP contribution in [-0.2, 0) is 21.2 Å². The van der Waals surface area contributed by atoms with Gasteiger partial charge in [-0.3, -0.25) is 4.79 Å². The summed E-state index contributed by atoms with van der Waals surface area (Å²) in [7, 11) is -2.24. The van der Waals surface area contributed by atoms with E-state index in [1.54, 1.807) is 23.6 Å². The van der Waals surface area contributed by atoms with Crippen molar-refractivity contribution in [2.24, 2.45) is 0 Å². The number of rotatable bonds is 6. The second-order valence-corrected chi connectivity index (χ2v) is 8.32. The summed E-state index contributed by atoms with van der Waals surface area (Å²) in [4.78, 5) is 21.0. The van der Waals surface area contributed by atoms with Crippen LogP contribution in [0, 0.1) is 20.8 Å². The fraction of sp³-hybridized carbons (Fsp3) is 0.333. The number of aromatic nitrogens is 4. The smallest absolute Gasteiger partial charge is 0.252 e. The van der Waals surface area contributed by atoms with Crippen molar-refractivity contribution in [2.45, 2.75) is 38.5 Å². The van der Waals surface area contributed by atoms with Crippen LogP contribution in [0.2, 0.25) is 0 Å². The van der Waals surface area contributed by atoms with Gasteiger partial charge in [-0.25, -0.2) is 22.6 Å². The summed E-state index contributed by atoms with van der Waals surface area (Å²) in [5, 5.41) is 6.90. The largest absolute Gasteiger partial charge is 0.326 e. The minimum atomic E-state index is -3.59. The maximum atomic E-state index is 12.4. The first kappa shape index (κ1) is 19.9. The predicted molar refractivity (Wildman–Crippen MR) is 105 cm³/mol. The van der Waals surface area contributed by atoms with Gasteiger partial charge < -0.3 is 5.32 Å². The van der Waals surface area contributed by atoms with Crippen molar-refractivity contribution < 1.29 is 13.2 Å². The lowest BCUT2D eigenvalue weighted by molar-refractivity contribution is -0.116. The maximum absolute atomic E-state index is 12.4. The molecule has 0 fully saturated rings. The van der Waals surface area contributed by atoms with E-state index in [4.69, 9.17) is 0 Å². The number of benzene rings is 1. The summed E-state index contributed by atoms with van der Waals surface area (Å²) >= 11 is 0. The Morgan fingerprint density at radius 3 is 2.68 bits per heavy atom. The van der Waals surface area contributed by atoms with Crippen LogP contribution in [0.5, 0.6) is 0 Å². The van der Waals surface area contributed by atoms with E-state index in [1.807, 2.05) is 13.8 Å². The van der Waals surface area contributed by atoms with E-state index >= 15 is 0 Å². The Kier molecular flexibility index (Phi) is 5.43. The third kappa shape index (κ3) is 3.87. The quantitative estimate of drug-likeness (QED) is 0.645. The lowest BCUT2D eigenvalue weighted by atomic mass is 10.1. The molecule has 2 aromatic heterocycles. The van der Waals surface area contributed by atoms with Crippen LogP contribution < -0.4 is 10.0 Å². The molecule has 2 N–H and O–H groups in total. The standard InChI is InChI=1S/C18H22N6O3S/c1-11-5-6-14(9-16(11)28(26,27)19-4)23-17(25)8-7-15-12(2)22-18-20-10-21-24(18)13(15)3/h5-6,9-10,19H,7-8H2,1-4H3,(H,23,25). The molecule has 1 amide bonds. The second-order valence-electron chi connectivity index (χ2n) is 6.47. The van der Waals surface area contributed by atoms with E-state index in [9.17, 15) is 13.2 Å². The van der Waals surface area contributed by atoms with Gasteiger partial charge in [-0.15, -0.1) is 0 Å². The van der Waals surface area contributed by atoms with E-state index in [0.29, 0.717) is 23.4 Å². The molecule has 148 valence electrons. The number of aryl methyl sites for hydroxylation is 3. The third-order valence-corrected chi connectivity index (χ3v) is 6.18. The van der Waals surface area contributed by atoms with Gasteiger partial charge in [0.2, 0.25) is 15.9 Å². The van der Waals surface area contributed by atoms with Crippen LogP contribution in [0.3, 0.4) is 0 Å². The number of amides is 1. The highest BCUT2D eigenvalue weighted by Crippen LogP contribution is 2.21. The van der Waals surface area contributed by atoms with Crippen molar-refractivity contribution in [3.8, 4) is 0 Å². The average molecular weight is 402 g/mol. The summed E-state index contributed by atoms with van der Waals surface area (Å²) in [6, 6.07) is 4.80. The molecule has 0 bridgehead atoms. The van der Waals surface area contributed by atoms with Crippen molar-refractivity contribution in [3.05, 3.63) is 47.0 Å². The number of sulfonamides is 1. The SMILES string of the molecule is CNS(=O)(=O)c1cc(NC(=O)CCc2c(C)nc3ncnn3c2C)ccc1C. The minimum absolute atomic E-state index is 0.139. The van der Waals surface area contributed by atoms with Gasteiger partial charge in [0.25, 0.3) is 5.78 Å². The van der Waals surface area contributed by atoms with E-state index in [0.717, 1.165) is 17.0 Å². The number of nitrogens with one attached hydrogen (secondary N) is 2. The number of carbonyl (C=O) groups excluding carboxylic acids is 1. The Morgan fingerprint density at radius 2 is 1.96 bits per heavy atom. The molecule has 0 radical (unpaired) electrons. The highest BCUT2D eigenvalue weighted by molar-refractivity contribution is 7.89. The van der Waals surface area contributed by atoms with E-state index in [2.05, 4.69) is 25.1 Å². The van der Waals surface area contributed by atoms with Gasteiger partial charge in [0.1, 0.15) is 6.33 Å². The van der Waals surface area contributed by atoms with Crippen molar-refractivity contribution in [2.75, 3.05) is 12.4 Å². The monoisotopic (exact) mass is 402 g/mol. The molecule has 1 aromatic carbocycles. The molecule has 28 heavy (non-hydrogen) atoms. The topological polar surface area (TPSA) is 118 Å². The Hall–Kier alpha value is -2.85. The van der Waals surface area contributed by atoms with Crippen LogP contribution >= 0.6 is 0 Å². The van der Waals surface area contributed by atoms with Gasteiger partial charge in [-0.05, 0) is 57.5 Å². The Bertz CT molecular complexity index is 1150. The molecular formula is C18H22N6O3S. The summed E-state index contributed by atoms with van der Waals surface area (Å²) < 4.78 is 28.1. The molecule has 3 aromatic rings. The number of anilines is 1. The molecule has 0 saturated heterocycles. The zero-order valence-electron chi connectivity index (χ0n) is 16.1. The number of nitrogens with zero attached hydrogens (tertiary/aromatic N) is 4. The van der Waals surface area contributed by atoms with E-state index in [-0.39, 0.29) is 17.2 Å². The Labute approximate surface area is 163 Å². The molecular weight excluding hydrogens is 380 g/mol. The number of hydrogen-bond acceptors (Lipinski definition) is 6. The molecule has 0 aliphatic rings. The van der Waals surface area contributed by atoms with Crippen LogP contribution in [0.15, 0.2) is 29.4 Å². The Morgan fingerprint density at radius 1 is 1.21 bits per heavy atom. The Balaban J connectivity index is 1.74. The molecule has 0 saturated carbocycles.